The zero-order valence-electron chi connectivity index (χ0n) is 16.7. The number of piperidine rings is 1. The number of fused-ring (bicyclic) bond motifs is 1. The molecule has 4 rings (SSSR count). The largest absolute Gasteiger partial charge is 0.443 e. The standard InChI is InChI=1S/C22H26N4O2/c1-14-6-8-17(9-7-14)11-23-21(27)18-5-4-10-26(12-18)20-19-15(2)16(3)28-22(19)25-13-24-20/h6-9,13,18H,4-5,10-12H2,1-3H3,(H,23,27). The Morgan fingerprint density at radius 3 is 2.79 bits per heavy atom. The number of benzene rings is 1. The van der Waals surface area contributed by atoms with Gasteiger partial charge in [0.2, 0.25) is 11.6 Å². The van der Waals surface area contributed by atoms with E-state index in [1.54, 1.807) is 6.33 Å². The molecule has 28 heavy (non-hydrogen) atoms. The van der Waals surface area contributed by atoms with Crippen LogP contribution in [0.4, 0.5) is 5.82 Å². The van der Waals surface area contributed by atoms with Crippen molar-refractivity contribution < 1.29 is 9.21 Å². The third-order valence-corrected chi connectivity index (χ3v) is 5.62. The molecule has 1 fully saturated rings. The Morgan fingerprint density at radius 2 is 2.00 bits per heavy atom. The minimum Gasteiger partial charge on any atom is -0.443 e. The van der Waals surface area contributed by atoms with Gasteiger partial charge in [-0.05, 0) is 39.2 Å². The van der Waals surface area contributed by atoms with Gasteiger partial charge >= 0.3 is 0 Å². The van der Waals surface area contributed by atoms with Gasteiger partial charge in [0.25, 0.3) is 0 Å². The molecule has 3 aromatic rings. The van der Waals surface area contributed by atoms with Crippen LogP contribution in [0.3, 0.4) is 0 Å². The van der Waals surface area contributed by atoms with Gasteiger partial charge in [0.15, 0.2) is 0 Å². The number of furan rings is 1. The maximum absolute atomic E-state index is 12.8. The normalized spacial score (nSPS) is 17.1. The van der Waals surface area contributed by atoms with E-state index < -0.39 is 0 Å². The van der Waals surface area contributed by atoms with Crippen molar-refractivity contribution in [2.75, 3.05) is 18.0 Å². The minimum atomic E-state index is -0.0440. The van der Waals surface area contributed by atoms with Crippen LogP contribution in [0.5, 0.6) is 0 Å². The first-order valence-corrected chi connectivity index (χ1v) is 9.82. The highest BCUT2D eigenvalue weighted by Crippen LogP contribution is 2.32. The minimum absolute atomic E-state index is 0.0440. The molecule has 146 valence electrons. The van der Waals surface area contributed by atoms with Gasteiger partial charge < -0.3 is 14.6 Å². The molecule has 1 unspecified atom stereocenters. The van der Waals surface area contributed by atoms with Crippen molar-refractivity contribution >= 4 is 22.8 Å². The maximum Gasteiger partial charge on any atom is 0.231 e. The average Bonchev–Trinajstić information content (AvgIpc) is 3.01. The monoisotopic (exact) mass is 378 g/mol. The molecule has 1 atom stereocenters. The molecule has 1 aliphatic heterocycles. The summed E-state index contributed by atoms with van der Waals surface area (Å²) >= 11 is 0. The second kappa shape index (κ2) is 7.62. The molecule has 0 radical (unpaired) electrons. The van der Waals surface area contributed by atoms with E-state index in [2.05, 4.69) is 51.4 Å². The van der Waals surface area contributed by atoms with Crippen molar-refractivity contribution in [1.29, 1.82) is 0 Å². The molecule has 1 saturated heterocycles. The Kier molecular flexibility index (Phi) is 5.03. The summed E-state index contributed by atoms with van der Waals surface area (Å²) in [5.74, 6) is 1.80. The van der Waals surface area contributed by atoms with Gasteiger partial charge in [0.05, 0.1) is 11.3 Å². The Bertz CT molecular complexity index is 994. The van der Waals surface area contributed by atoms with E-state index in [4.69, 9.17) is 4.42 Å². The highest BCUT2D eigenvalue weighted by Gasteiger charge is 2.28. The van der Waals surface area contributed by atoms with Crippen LogP contribution >= 0.6 is 0 Å². The third kappa shape index (κ3) is 3.59. The van der Waals surface area contributed by atoms with Crippen LogP contribution in [0.1, 0.15) is 35.3 Å². The Labute approximate surface area is 165 Å². The van der Waals surface area contributed by atoms with E-state index >= 15 is 0 Å². The second-order valence-electron chi connectivity index (χ2n) is 7.65. The molecule has 0 bridgehead atoms. The van der Waals surface area contributed by atoms with E-state index in [9.17, 15) is 4.79 Å². The highest BCUT2D eigenvalue weighted by atomic mass is 16.3. The van der Waals surface area contributed by atoms with E-state index in [0.29, 0.717) is 18.8 Å². The fourth-order valence-electron chi connectivity index (χ4n) is 3.83. The number of aromatic nitrogens is 2. The first-order chi connectivity index (χ1) is 13.5. The highest BCUT2D eigenvalue weighted by molar-refractivity contribution is 5.90. The fourth-order valence-corrected chi connectivity index (χ4v) is 3.83. The number of nitrogens with one attached hydrogen (secondary N) is 1. The molecule has 1 aromatic carbocycles. The summed E-state index contributed by atoms with van der Waals surface area (Å²) in [5, 5.41) is 4.05. The summed E-state index contributed by atoms with van der Waals surface area (Å²) in [6, 6.07) is 8.26. The quantitative estimate of drug-likeness (QED) is 0.750. The van der Waals surface area contributed by atoms with Crippen LogP contribution < -0.4 is 10.2 Å². The van der Waals surface area contributed by atoms with E-state index in [0.717, 1.165) is 47.5 Å². The molecule has 6 nitrogen and oxygen atoms in total. The number of hydrogen-bond donors (Lipinski definition) is 1. The Balaban J connectivity index is 1.47. The molecule has 0 spiro atoms. The lowest BCUT2D eigenvalue weighted by Gasteiger charge is -2.33. The maximum atomic E-state index is 12.8. The van der Waals surface area contributed by atoms with Crippen LogP contribution in [0.15, 0.2) is 35.0 Å². The predicted molar refractivity (Wildman–Crippen MR) is 109 cm³/mol. The summed E-state index contributed by atoms with van der Waals surface area (Å²) < 4.78 is 5.74. The van der Waals surface area contributed by atoms with Crippen LogP contribution in [0.2, 0.25) is 0 Å². The van der Waals surface area contributed by atoms with E-state index in [-0.39, 0.29) is 11.8 Å². The van der Waals surface area contributed by atoms with Crippen LogP contribution in [0, 0.1) is 26.7 Å². The smallest absolute Gasteiger partial charge is 0.231 e. The third-order valence-electron chi connectivity index (χ3n) is 5.62. The summed E-state index contributed by atoms with van der Waals surface area (Å²) in [6.45, 7) is 8.15. The van der Waals surface area contributed by atoms with Crippen molar-refractivity contribution in [1.82, 2.24) is 15.3 Å². The van der Waals surface area contributed by atoms with Crippen molar-refractivity contribution in [2.45, 2.75) is 40.2 Å². The molecule has 1 aliphatic rings. The first kappa shape index (κ1) is 18.5. The molecule has 3 heterocycles. The Hall–Kier alpha value is -2.89. The molecular weight excluding hydrogens is 352 g/mol. The molecule has 1 amide bonds. The van der Waals surface area contributed by atoms with Crippen LogP contribution in [-0.2, 0) is 11.3 Å². The molecular formula is C22H26N4O2. The van der Waals surface area contributed by atoms with Gasteiger partial charge in [-0.2, -0.15) is 0 Å². The topological polar surface area (TPSA) is 71.3 Å². The van der Waals surface area contributed by atoms with Crippen molar-refractivity contribution in [3.05, 3.63) is 53.0 Å². The van der Waals surface area contributed by atoms with Crippen molar-refractivity contribution in [3.8, 4) is 0 Å². The number of carbonyl (C=O) groups is 1. The molecule has 1 N–H and O–H groups in total. The second-order valence-corrected chi connectivity index (χ2v) is 7.65. The number of hydrogen-bond acceptors (Lipinski definition) is 5. The van der Waals surface area contributed by atoms with Crippen molar-refractivity contribution in [2.24, 2.45) is 5.92 Å². The van der Waals surface area contributed by atoms with Crippen molar-refractivity contribution in [3.63, 3.8) is 0 Å². The number of rotatable bonds is 4. The lowest BCUT2D eigenvalue weighted by Crippen LogP contribution is -2.43. The molecule has 6 heteroatoms. The SMILES string of the molecule is Cc1ccc(CNC(=O)C2CCCN(c3ncnc4oc(C)c(C)c34)C2)cc1. The molecule has 0 saturated carbocycles. The van der Waals surface area contributed by atoms with Gasteiger partial charge in [0.1, 0.15) is 17.9 Å². The lowest BCUT2D eigenvalue weighted by atomic mass is 9.96. The Morgan fingerprint density at radius 1 is 1.21 bits per heavy atom. The zero-order valence-corrected chi connectivity index (χ0v) is 16.7. The van der Waals surface area contributed by atoms with E-state index in [1.165, 1.54) is 5.56 Å². The molecule has 2 aromatic heterocycles. The van der Waals surface area contributed by atoms with E-state index in [1.807, 2.05) is 13.8 Å². The first-order valence-electron chi connectivity index (χ1n) is 9.82. The molecule has 0 aliphatic carbocycles. The zero-order chi connectivity index (χ0) is 19.7. The number of amides is 1. The predicted octanol–water partition coefficient (Wildman–Crippen LogP) is 3.68. The average molecular weight is 378 g/mol. The summed E-state index contributed by atoms with van der Waals surface area (Å²) in [6.07, 6.45) is 3.40. The summed E-state index contributed by atoms with van der Waals surface area (Å²) in [5.41, 5.74) is 4.02. The number of anilines is 1. The van der Waals surface area contributed by atoms with Gasteiger partial charge in [-0.3, -0.25) is 4.79 Å². The summed E-state index contributed by atoms with van der Waals surface area (Å²) in [7, 11) is 0. The summed E-state index contributed by atoms with van der Waals surface area (Å²) in [4.78, 5) is 23.7. The van der Waals surface area contributed by atoms with Gasteiger partial charge in [-0.15, -0.1) is 0 Å². The van der Waals surface area contributed by atoms with Crippen LogP contribution in [0.25, 0.3) is 11.1 Å². The fraction of sp³-hybridized carbons (Fsp3) is 0.409. The lowest BCUT2D eigenvalue weighted by molar-refractivity contribution is -0.125. The van der Waals surface area contributed by atoms with Gasteiger partial charge in [-0.1, -0.05) is 29.8 Å². The van der Waals surface area contributed by atoms with Crippen LogP contribution in [-0.4, -0.2) is 29.0 Å². The number of nitrogens with zero attached hydrogens (tertiary/aromatic N) is 3. The number of carbonyl (C=O) groups excluding carboxylic acids is 1. The van der Waals surface area contributed by atoms with Gasteiger partial charge in [0, 0.05) is 25.2 Å². The van der Waals surface area contributed by atoms with Gasteiger partial charge in [-0.25, -0.2) is 9.97 Å². The number of aryl methyl sites for hydroxylation is 3.